The minimum atomic E-state index is 0.255. The Kier molecular flexibility index (Phi) is 4.82. The fourth-order valence-corrected chi connectivity index (χ4v) is 3.70. The maximum absolute atomic E-state index is 6.37. The highest BCUT2D eigenvalue weighted by molar-refractivity contribution is 7.07. The minimum Gasteiger partial charge on any atom is -0.326 e. The van der Waals surface area contributed by atoms with Gasteiger partial charge in [-0.25, -0.2) is 0 Å². The summed E-state index contributed by atoms with van der Waals surface area (Å²) in [4.78, 5) is 2.61. The number of thiophene rings is 1. The lowest BCUT2D eigenvalue weighted by Crippen LogP contribution is -2.39. The van der Waals surface area contributed by atoms with Gasteiger partial charge in [-0.1, -0.05) is 20.8 Å². The highest BCUT2D eigenvalue weighted by atomic mass is 32.1. The fourth-order valence-electron chi connectivity index (χ4n) is 3.01. The molecule has 0 radical (unpaired) electrons. The van der Waals surface area contributed by atoms with E-state index in [-0.39, 0.29) is 6.04 Å². The Labute approximate surface area is 115 Å². The van der Waals surface area contributed by atoms with E-state index in [1.54, 1.807) is 11.3 Å². The van der Waals surface area contributed by atoms with Gasteiger partial charge in [0.1, 0.15) is 0 Å². The number of likely N-dealkylation sites (tertiary alicyclic amines) is 1. The van der Waals surface area contributed by atoms with Gasteiger partial charge in [0.05, 0.1) is 6.04 Å². The van der Waals surface area contributed by atoms with Crippen molar-refractivity contribution in [2.75, 3.05) is 13.1 Å². The van der Waals surface area contributed by atoms with Crippen molar-refractivity contribution in [2.45, 2.75) is 45.7 Å². The molecule has 2 N–H and O–H groups in total. The number of hydrogen-bond donors (Lipinski definition) is 1. The van der Waals surface area contributed by atoms with Gasteiger partial charge in [0, 0.05) is 12.6 Å². The zero-order chi connectivity index (χ0) is 13.1. The average Bonchev–Trinajstić information content (AvgIpc) is 3.00. The van der Waals surface area contributed by atoms with Gasteiger partial charge in [-0.15, -0.1) is 0 Å². The number of nitrogens with zero attached hydrogens (tertiary/aromatic N) is 1. The average molecular weight is 266 g/mol. The Balaban J connectivity index is 2.11. The highest BCUT2D eigenvalue weighted by Crippen LogP contribution is 2.33. The van der Waals surface area contributed by atoms with Crippen LogP contribution < -0.4 is 5.73 Å². The van der Waals surface area contributed by atoms with Crippen molar-refractivity contribution in [1.29, 1.82) is 0 Å². The molecule has 18 heavy (non-hydrogen) atoms. The molecule has 2 nitrogen and oxygen atoms in total. The lowest BCUT2D eigenvalue weighted by Gasteiger charge is -2.32. The van der Waals surface area contributed by atoms with Gasteiger partial charge in [-0.3, -0.25) is 4.90 Å². The van der Waals surface area contributed by atoms with Gasteiger partial charge >= 0.3 is 0 Å². The summed E-state index contributed by atoms with van der Waals surface area (Å²) >= 11 is 1.78. The van der Waals surface area contributed by atoms with E-state index in [2.05, 4.69) is 42.5 Å². The van der Waals surface area contributed by atoms with E-state index in [4.69, 9.17) is 5.73 Å². The standard InChI is InChI=1S/C15H26N2S/c1-4-14(16)15(13-6-8-18-10-13)17-7-5-12(9-17)11(2)3/h6,8,10-12,14-15H,4-5,7,9,16H2,1-3H3. The van der Waals surface area contributed by atoms with Crippen molar-refractivity contribution in [2.24, 2.45) is 17.6 Å². The molecule has 0 spiro atoms. The first-order valence-corrected chi connectivity index (χ1v) is 8.09. The van der Waals surface area contributed by atoms with Crippen LogP contribution in [0.3, 0.4) is 0 Å². The van der Waals surface area contributed by atoms with Gasteiger partial charge in [0.2, 0.25) is 0 Å². The van der Waals surface area contributed by atoms with Crippen LogP contribution in [0.1, 0.15) is 45.2 Å². The first-order valence-electron chi connectivity index (χ1n) is 7.15. The fraction of sp³-hybridized carbons (Fsp3) is 0.733. The molecule has 1 saturated heterocycles. The zero-order valence-electron chi connectivity index (χ0n) is 11.8. The second-order valence-electron chi connectivity index (χ2n) is 5.86. The van der Waals surface area contributed by atoms with Crippen molar-refractivity contribution in [1.82, 2.24) is 4.90 Å². The van der Waals surface area contributed by atoms with Gasteiger partial charge in [0.15, 0.2) is 0 Å². The molecule has 3 atom stereocenters. The van der Waals surface area contributed by atoms with E-state index < -0.39 is 0 Å². The molecule has 1 aliphatic rings. The molecule has 3 heteroatoms. The molecular weight excluding hydrogens is 240 g/mol. The van der Waals surface area contributed by atoms with Crippen molar-refractivity contribution < 1.29 is 0 Å². The molecule has 0 saturated carbocycles. The zero-order valence-corrected chi connectivity index (χ0v) is 12.6. The molecule has 0 aromatic carbocycles. The number of nitrogens with two attached hydrogens (primary N) is 1. The third-order valence-corrected chi connectivity index (χ3v) is 5.06. The van der Waals surface area contributed by atoms with Crippen molar-refractivity contribution in [3.63, 3.8) is 0 Å². The molecule has 2 heterocycles. The first-order chi connectivity index (χ1) is 8.63. The number of rotatable bonds is 5. The predicted molar refractivity (Wildman–Crippen MR) is 79.8 cm³/mol. The highest BCUT2D eigenvalue weighted by Gasteiger charge is 2.33. The quantitative estimate of drug-likeness (QED) is 0.884. The SMILES string of the molecule is CCC(N)C(c1ccsc1)N1CCC(C(C)C)C1. The Morgan fingerprint density at radius 3 is 2.78 bits per heavy atom. The molecule has 1 aromatic rings. The first kappa shape index (κ1) is 14.0. The Morgan fingerprint density at radius 1 is 1.50 bits per heavy atom. The summed E-state index contributed by atoms with van der Waals surface area (Å²) in [6.45, 7) is 9.30. The summed E-state index contributed by atoms with van der Waals surface area (Å²) in [5, 5.41) is 4.43. The van der Waals surface area contributed by atoms with E-state index in [9.17, 15) is 0 Å². The van der Waals surface area contributed by atoms with Gasteiger partial charge in [-0.05, 0) is 53.6 Å². The van der Waals surface area contributed by atoms with E-state index in [1.165, 1.54) is 25.1 Å². The van der Waals surface area contributed by atoms with Crippen LogP contribution in [-0.4, -0.2) is 24.0 Å². The van der Waals surface area contributed by atoms with Gasteiger partial charge in [-0.2, -0.15) is 11.3 Å². The molecular formula is C15H26N2S. The largest absolute Gasteiger partial charge is 0.326 e. The molecule has 0 bridgehead atoms. The van der Waals surface area contributed by atoms with Crippen LogP contribution >= 0.6 is 11.3 Å². The predicted octanol–water partition coefficient (Wildman–Crippen LogP) is 3.50. The summed E-state index contributed by atoms with van der Waals surface area (Å²) in [6, 6.07) is 2.92. The Hall–Kier alpha value is -0.380. The van der Waals surface area contributed by atoms with Gasteiger partial charge < -0.3 is 5.73 Å². The summed E-state index contributed by atoms with van der Waals surface area (Å²) in [5.74, 6) is 1.63. The summed E-state index contributed by atoms with van der Waals surface area (Å²) < 4.78 is 0. The molecule has 1 fully saturated rings. The van der Waals surface area contributed by atoms with E-state index in [1.807, 2.05) is 0 Å². The van der Waals surface area contributed by atoms with E-state index in [0.29, 0.717) is 6.04 Å². The summed E-state index contributed by atoms with van der Waals surface area (Å²) in [6.07, 6.45) is 2.37. The van der Waals surface area contributed by atoms with Crippen LogP contribution in [0.4, 0.5) is 0 Å². The van der Waals surface area contributed by atoms with Crippen molar-refractivity contribution >= 4 is 11.3 Å². The van der Waals surface area contributed by atoms with E-state index >= 15 is 0 Å². The Bertz CT molecular complexity index is 347. The van der Waals surface area contributed by atoms with Crippen molar-refractivity contribution in [3.05, 3.63) is 22.4 Å². The second-order valence-corrected chi connectivity index (χ2v) is 6.64. The second kappa shape index (κ2) is 6.18. The molecule has 3 unspecified atom stereocenters. The third kappa shape index (κ3) is 2.95. The maximum Gasteiger partial charge on any atom is 0.0507 e. The van der Waals surface area contributed by atoms with Crippen molar-refractivity contribution in [3.8, 4) is 0 Å². The van der Waals surface area contributed by atoms with Crippen LogP contribution in [0, 0.1) is 11.8 Å². The van der Waals surface area contributed by atoms with Crippen LogP contribution in [-0.2, 0) is 0 Å². The number of hydrogen-bond acceptors (Lipinski definition) is 3. The lowest BCUT2D eigenvalue weighted by molar-refractivity contribution is 0.196. The monoisotopic (exact) mass is 266 g/mol. The van der Waals surface area contributed by atoms with Crippen LogP contribution in [0.25, 0.3) is 0 Å². The summed E-state index contributed by atoms with van der Waals surface area (Å²) in [5.41, 5.74) is 7.79. The summed E-state index contributed by atoms with van der Waals surface area (Å²) in [7, 11) is 0. The minimum absolute atomic E-state index is 0.255. The smallest absolute Gasteiger partial charge is 0.0507 e. The topological polar surface area (TPSA) is 29.3 Å². The lowest BCUT2D eigenvalue weighted by atomic mass is 9.95. The van der Waals surface area contributed by atoms with Gasteiger partial charge in [0.25, 0.3) is 0 Å². The third-order valence-electron chi connectivity index (χ3n) is 4.35. The Morgan fingerprint density at radius 2 is 2.28 bits per heavy atom. The van der Waals surface area contributed by atoms with Crippen LogP contribution in [0.15, 0.2) is 16.8 Å². The molecule has 0 aliphatic carbocycles. The molecule has 2 rings (SSSR count). The maximum atomic E-state index is 6.37. The molecule has 0 amide bonds. The van der Waals surface area contributed by atoms with Crippen LogP contribution in [0.2, 0.25) is 0 Å². The van der Waals surface area contributed by atoms with Crippen LogP contribution in [0.5, 0.6) is 0 Å². The molecule has 1 aromatic heterocycles. The molecule has 102 valence electrons. The van der Waals surface area contributed by atoms with E-state index in [0.717, 1.165) is 18.3 Å². The molecule has 1 aliphatic heterocycles. The normalized spacial score (nSPS) is 24.6.